The molecule has 1 aliphatic rings. The summed E-state index contributed by atoms with van der Waals surface area (Å²) in [6.45, 7) is -0.830. The van der Waals surface area contributed by atoms with Crippen LogP contribution in [0.2, 0.25) is 0 Å². The van der Waals surface area contributed by atoms with Crippen molar-refractivity contribution in [2.45, 2.75) is 51.2 Å². The van der Waals surface area contributed by atoms with E-state index in [1.165, 1.54) is 12.1 Å². The highest BCUT2D eigenvalue weighted by Gasteiger charge is 2.38. The van der Waals surface area contributed by atoms with Crippen LogP contribution in [0.15, 0.2) is 73.1 Å². The first kappa shape index (κ1) is 29.2. The summed E-state index contributed by atoms with van der Waals surface area (Å²) in [7, 11) is 1.63. The van der Waals surface area contributed by atoms with Crippen LogP contribution < -0.4 is 15.8 Å². The normalized spacial score (nSPS) is 17.0. The molecule has 10 heteroatoms. The molecule has 0 unspecified atom stereocenters. The van der Waals surface area contributed by atoms with Gasteiger partial charge in [0, 0.05) is 48.3 Å². The Hall–Kier alpha value is -4.86. The van der Waals surface area contributed by atoms with Gasteiger partial charge in [-0.05, 0) is 54.0 Å². The molecular formula is C34H33F2N5O3. The van der Waals surface area contributed by atoms with Crippen LogP contribution in [-0.4, -0.2) is 40.0 Å². The summed E-state index contributed by atoms with van der Waals surface area (Å²) in [5, 5.41) is 4.65. The highest BCUT2D eigenvalue weighted by Crippen LogP contribution is 2.46. The lowest BCUT2D eigenvalue weighted by molar-refractivity contribution is -0.128. The highest BCUT2D eigenvalue weighted by atomic mass is 19.3. The SMILES string of the molecule is CCC[C@@H](c1ccc(OC(F)F)cc1)c1ccc(C(N)=O)c2c1nc(-c1cncc3ccccc13)n2C1CC(C(=O)NC)C1. The summed E-state index contributed by atoms with van der Waals surface area (Å²) >= 11 is 0. The summed E-state index contributed by atoms with van der Waals surface area (Å²) in [6, 6.07) is 18.1. The fourth-order valence-corrected chi connectivity index (χ4v) is 6.43. The smallest absolute Gasteiger partial charge is 0.387 e. The zero-order valence-corrected chi connectivity index (χ0v) is 24.5. The number of imidazole rings is 1. The van der Waals surface area contributed by atoms with E-state index < -0.39 is 12.5 Å². The number of primary amides is 1. The maximum absolute atomic E-state index is 12.9. The van der Waals surface area contributed by atoms with Gasteiger partial charge >= 0.3 is 6.61 Å². The molecule has 0 aliphatic heterocycles. The average molecular weight is 598 g/mol. The summed E-state index contributed by atoms with van der Waals surface area (Å²) < 4.78 is 32.3. The summed E-state index contributed by atoms with van der Waals surface area (Å²) in [4.78, 5) is 35.1. The summed E-state index contributed by atoms with van der Waals surface area (Å²) in [5.41, 5.74) is 10.2. The Morgan fingerprint density at radius 1 is 1.07 bits per heavy atom. The van der Waals surface area contributed by atoms with Crippen LogP contribution in [0.5, 0.6) is 5.75 Å². The minimum Gasteiger partial charge on any atom is -0.435 e. The molecular weight excluding hydrogens is 564 g/mol. The van der Waals surface area contributed by atoms with Crippen LogP contribution >= 0.6 is 0 Å². The zero-order valence-electron chi connectivity index (χ0n) is 24.5. The second-order valence-electron chi connectivity index (χ2n) is 11.2. The van der Waals surface area contributed by atoms with Crippen LogP contribution in [0.3, 0.4) is 0 Å². The van der Waals surface area contributed by atoms with E-state index in [2.05, 4.69) is 26.5 Å². The number of amides is 2. The van der Waals surface area contributed by atoms with Crippen LogP contribution in [0.4, 0.5) is 8.78 Å². The number of benzene rings is 3. The number of nitrogens with two attached hydrogens (primary N) is 1. The quantitative estimate of drug-likeness (QED) is 0.189. The number of fused-ring (bicyclic) bond motifs is 2. The second-order valence-corrected chi connectivity index (χ2v) is 11.2. The predicted octanol–water partition coefficient (Wildman–Crippen LogP) is 6.58. The Kier molecular flexibility index (Phi) is 7.99. The Balaban J connectivity index is 1.59. The number of alkyl halides is 2. The number of pyridine rings is 1. The number of nitrogens with one attached hydrogen (secondary N) is 1. The van der Waals surface area contributed by atoms with Crippen molar-refractivity contribution < 1.29 is 23.1 Å². The minimum absolute atomic E-state index is 0.0165. The van der Waals surface area contributed by atoms with E-state index >= 15 is 0 Å². The average Bonchev–Trinajstić information content (AvgIpc) is 3.38. The first-order valence-corrected chi connectivity index (χ1v) is 14.7. The number of rotatable bonds is 10. The Labute approximate surface area is 253 Å². The van der Waals surface area contributed by atoms with E-state index in [1.54, 1.807) is 37.6 Å². The number of hydrogen-bond acceptors (Lipinski definition) is 5. The molecule has 44 heavy (non-hydrogen) atoms. The van der Waals surface area contributed by atoms with Crippen molar-refractivity contribution >= 4 is 33.6 Å². The maximum Gasteiger partial charge on any atom is 0.387 e. The monoisotopic (exact) mass is 597 g/mol. The number of halogens is 2. The molecule has 1 aliphatic carbocycles. The lowest BCUT2D eigenvalue weighted by atomic mass is 9.79. The molecule has 0 spiro atoms. The van der Waals surface area contributed by atoms with Crippen molar-refractivity contribution in [1.29, 1.82) is 0 Å². The number of nitrogens with zero attached hydrogens (tertiary/aromatic N) is 3. The molecule has 2 aromatic heterocycles. The third-order valence-electron chi connectivity index (χ3n) is 8.60. The molecule has 8 nitrogen and oxygen atoms in total. The van der Waals surface area contributed by atoms with Crippen LogP contribution in [0, 0.1) is 5.92 Å². The molecule has 5 aromatic rings. The van der Waals surface area contributed by atoms with Gasteiger partial charge < -0.3 is 20.4 Å². The highest BCUT2D eigenvalue weighted by molar-refractivity contribution is 6.07. The van der Waals surface area contributed by atoms with Crippen molar-refractivity contribution in [1.82, 2.24) is 19.9 Å². The van der Waals surface area contributed by atoms with Crippen molar-refractivity contribution in [2.24, 2.45) is 11.7 Å². The van der Waals surface area contributed by atoms with Gasteiger partial charge in [-0.25, -0.2) is 4.98 Å². The van der Waals surface area contributed by atoms with Gasteiger partial charge in [0.25, 0.3) is 5.91 Å². The third-order valence-corrected chi connectivity index (χ3v) is 8.60. The molecule has 3 N–H and O–H groups in total. The second kappa shape index (κ2) is 12.0. The Bertz CT molecular complexity index is 1840. The maximum atomic E-state index is 12.9. The molecule has 1 fully saturated rings. The Morgan fingerprint density at radius 3 is 2.50 bits per heavy atom. The molecule has 2 heterocycles. The predicted molar refractivity (Wildman–Crippen MR) is 165 cm³/mol. The van der Waals surface area contributed by atoms with Gasteiger partial charge in [-0.2, -0.15) is 8.78 Å². The van der Waals surface area contributed by atoms with Crippen molar-refractivity contribution in [3.05, 3.63) is 89.7 Å². The number of ether oxygens (including phenoxy) is 1. The van der Waals surface area contributed by atoms with Gasteiger partial charge in [0.15, 0.2) is 0 Å². The molecule has 0 bridgehead atoms. The fraction of sp³-hybridized carbons (Fsp3) is 0.294. The lowest BCUT2D eigenvalue weighted by Crippen LogP contribution is -2.38. The summed E-state index contributed by atoms with van der Waals surface area (Å²) in [5.74, 6) is -0.158. The van der Waals surface area contributed by atoms with Gasteiger partial charge in [-0.15, -0.1) is 0 Å². The van der Waals surface area contributed by atoms with E-state index in [0.29, 0.717) is 35.3 Å². The van der Waals surface area contributed by atoms with Gasteiger partial charge in [-0.1, -0.05) is 55.8 Å². The molecule has 0 radical (unpaired) electrons. The van der Waals surface area contributed by atoms with Crippen LogP contribution in [-0.2, 0) is 4.79 Å². The zero-order chi connectivity index (χ0) is 31.0. The van der Waals surface area contributed by atoms with Crippen molar-refractivity contribution in [3.8, 4) is 17.1 Å². The topological polar surface area (TPSA) is 112 Å². The van der Waals surface area contributed by atoms with Gasteiger partial charge in [0.2, 0.25) is 5.91 Å². The molecule has 6 rings (SSSR count). The standard InChI is InChI=1S/C34H33F2N5O3/c1-3-6-24(19-9-11-23(12-10-19)44-34(35)36)26-13-14-27(31(37)42)30-29(26)40-32(41(30)22-15-21(16-22)33(43)38-2)28-18-39-17-20-7-4-5-8-25(20)28/h4-5,7-14,17-18,21-22,24,34H,3,6,15-16H2,1-2H3,(H2,37,42)(H,38,43)/t21?,22?,24-/m0/s1. The first-order valence-electron chi connectivity index (χ1n) is 14.7. The van der Waals surface area contributed by atoms with E-state index in [1.807, 2.05) is 30.3 Å². The summed E-state index contributed by atoms with van der Waals surface area (Å²) in [6.07, 6.45) is 6.35. The largest absolute Gasteiger partial charge is 0.435 e. The van der Waals surface area contributed by atoms with Crippen LogP contribution in [0.25, 0.3) is 33.2 Å². The lowest BCUT2D eigenvalue weighted by Gasteiger charge is -2.36. The number of carbonyl (C=O) groups excluding carboxylic acids is 2. The minimum atomic E-state index is -2.91. The Morgan fingerprint density at radius 2 is 1.82 bits per heavy atom. The molecule has 2 amide bonds. The van der Waals surface area contributed by atoms with Gasteiger partial charge in [-0.3, -0.25) is 14.6 Å². The first-order chi connectivity index (χ1) is 21.3. The van der Waals surface area contributed by atoms with E-state index in [4.69, 9.17) is 10.7 Å². The number of hydrogen-bond donors (Lipinski definition) is 2. The van der Waals surface area contributed by atoms with Gasteiger partial charge in [0.05, 0.1) is 16.6 Å². The number of aromatic nitrogens is 3. The van der Waals surface area contributed by atoms with Gasteiger partial charge in [0.1, 0.15) is 11.6 Å². The molecule has 0 saturated heterocycles. The van der Waals surface area contributed by atoms with Crippen molar-refractivity contribution in [3.63, 3.8) is 0 Å². The number of carbonyl (C=O) groups is 2. The molecule has 226 valence electrons. The van der Waals surface area contributed by atoms with E-state index in [0.717, 1.165) is 40.3 Å². The molecule has 1 atom stereocenters. The molecule has 3 aromatic carbocycles. The fourth-order valence-electron chi connectivity index (χ4n) is 6.43. The van der Waals surface area contributed by atoms with E-state index in [-0.39, 0.29) is 29.5 Å². The van der Waals surface area contributed by atoms with E-state index in [9.17, 15) is 18.4 Å². The molecule has 1 saturated carbocycles. The third kappa shape index (κ3) is 5.25. The van der Waals surface area contributed by atoms with Crippen molar-refractivity contribution in [2.75, 3.05) is 7.05 Å². The van der Waals surface area contributed by atoms with Crippen LogP contribution in [0.1, 0.15) is 66.1 Å².